The summed E-state index contributed by atoms with van der Waals surface area (Å²) in [5.74, 6) is -0.735. The van der Waals surface area contributed by atoms with Crippen LogP contribution in [-0.4, -0.2) is 40.5 Å². The number of nitrogens with two attached hydrogens (primary N) is 1. The fourth-order valence-electron chi connectivity index (χ4n) is 2.70. The number of rotatable bonds is 2. The topological polar surface area (TPSA) is 83.6 Å². The molecule has 0 spiro atoms. The minimum absolute atomic E-state index is 0.00269. The van der Waals surface area contributed by atoms with Crippen LogP contribution in [0.25, 0.3) is 0 Å². The molecule has 3 unspecified atom stereocenters. The van der Waals surface area contributed by atoms with Gasteiger partial charge in [0.05, 0.1) is 12.0 Å². The maximum absolute atomic E-state index is 11.7. The molecule has 2 rings (SSSR count). The number of aliphatic hydroxyl groups excluding tert-OH is 1. The first-order valence-electron chi connectivity index (χ1n) is 5.84. The Morgan fingerprint density at radius 1 is 1.44 bits per heavy atom. The van der Waals surface area contributed by atoms with Crippen molar-refractivity contribution in [2.45, 2.75) is 44.2 Å². The molecule has 1 aliphatic carbocycles. The van der Waals surface area contributed by atoms with Crippen LogP contribution in [-0.2, 0) is 9.59 Å². The Bertz CT molecular complexity index is 306. The second-order valence-electron chi connectivity index (χ2n) is 4.82. The van der Waals surface area contributed by atoms with Crippen LogP contribution in [0.4, 0.5) is 0 Å². The third kappa shape index (κ3) is 2.19. The molecule has 0 bridgehead atoms. The molecule has 1 heterocycles. The normalized spacial score (nSPS) is 35.4. The molecule has 2 fully saturated rings. The van der Waals surface area contributed by atoms with Gasteiger partial charge in [0.2, 0.25) is 11.8 Å². The van der Waals surface area contributed by atoms with Crippen molar-refractivity contribution in [3.63, 3.8) is 0 Å². The van der Waals surface area contributed by atoms with Gasteiger partial charge in [0.1, 0.15) is 0 Å². The average molecular weight is 226 g/mol. The lowest BCUT2D eigenvalue weighted by Gasteiger charge is -2.33. The molecule has 5 nitrogen and oxygen atoms in total. The number of hydrogen-bond donors (Lipinski definition) is 2. The molecule has 0 aromatic carbocycles. The molecule has 0 aromatic heterocycles. The van der Waals surface area contributed by atoms with Crippen LogP contribution in [0.2, 0.25) is 0 Å². The molecule has 16 heavy (non-hydrogen) atoms. The van der Waals surface area contributed by atoms with Crippen LogP contribution in [0.1, 0.15) is 32.1 Å². The van der Waals surface area contributed by atoms with E-state index < -0.39 is 5.91 Å². The highest BCUT2D eigenvalue weighted by Gasteiger charge is 2.38. The molecule has 0 radical (unpaired) electrons. The van der Waals surface area contributed by atoms with Crippen molar-refractivity contribution in [2.75, 3.05) is 6.54 Å². The Kier molecular flexibility index (Phi) is 3.14. The fraction of sp³-hybridized carbons (Fsp3) is 0.818. The van der Waals surface area contributed by atoms with Gasteiger partial charge in [0.15, 0.2) is 0 Å². The predicted octanol–water partition coefficient (Wildman–Crippen LogP) is -0.376. The first-order chi connectivity index (χ1) is 7.58. The molecule has 1 aliphatic heterocycles. The summed E-state index contributed by atoms with van der Waals surface area (Å²) in [5, 5.41) is 9.57. The number of nitrogens with zero attached hydrogens (tertiary/aromatic N) is 1. The van der Waals surface area contributed by atoms with Crippen molar-refractivity contribution in [1.82, 2.24) is 4.90 Å². The van der Waals surface area contributed by atoms with Gasteiger partial charge in [-0.2, -0.15) is 0 Å². The predicted molar refractivity (Wildman–Crippen MR) is 57.3 cm³/mol. The van der Waals surface area contributed by atoms with Crippen molar-refractivity contribution in [2.24, 2.45) is 11.7 Å². The van der Waals surface area contributed by atoms with Crippen LogP contribution >= 0.6 is 0 Å². The smallest absolute Gasteiger partial charge is 0.223 e. The molecule has 3 atom stereocenters. The lowest BCUT2D eigenvalue weighted by atomic mass is 9.92. The second-order valence-corrected chi connectivity index (χ2v) is 4.82. The molecule has 2 aliphatic rings. The Hall–Kier alpha value is -1.10. The number of hydrogen-bond acceptors (Lipinski definition) is 3. The molecular weight excluding hydrogens is 208 g/mol. The third-order valence-corrected chi connectivity index (χ3v) is 3.62. The maximum Gasteiger partial charge on any atom is 0.223 e. The van der Waals surface area contributed by atoms with E-state index in [1.165, 1.54) is 0 Å². The van der Waals surface area contributed by atoms with E-state index in [2.05, 4.69) is 0 Å². The minimum atomic E-state index is -0.396. The van der Waals surface area contributed by atoms with Crippen molar-refractivity contribution >= 4 is 11.8 Å². The highest BCUT2D eigenvalue weighted by atomic mass is 16.3. The quantitative estimate of drug-likeness (QED) is 0.673. The van der Waals surface area contributed by atoms with Crippen LogP contribution in [0.15, 0.2) is 0 Å². The van der Waals surface area contributed by atoms with Gasteiger partial charge in [-0.15, -0.1) is 0 Å². The van der Waals surface area contributed by atoms with Crippen LogP contribution in [0.3, 0.4) is 0 Å². The summed E-state index contributed by atoms with van der Waals surface area (Å²) < 4.78 is 0. The zero-order valence-electron chi connectivity index (χ0n) is 9.26. The summed E-state index contributed by atoms with van der Waals surface area (Å²) in [6.45, 7) is 0.436. The molecule has 1 saturated heterocycles. The van der Waals surface area contributed by atoms with E-state index in [1.54, 1.807) is 4.90 Å². The van der Waals surface area contributed by atoms with Crippen molar-refractivity contribution < 1.29 is 14.7 Å². The summed E-state index contributed by atoms with van der Waals surface area (Å²) in [7, 11) is 0. The number of carbonyl (C=O) groups is 2. The molecule has 2 amide bonds. The summed E-state index contributed by atoms with van der Waals surface area (Å²) in [6, 6.07) is 0.0978. The molecule has 1 saturated carbocycles. The monoisotopic (exact) mass is 226 g/mol. The van der Waals surface area contributed by atoms with Crippen LogP contribution in [0, 0.1) is 5.92 Å². The number of aliphatic hydroxyl groups is 1. The van der Waals surface area contributed by atoms with E-state index in [0.717, 1.165) is 19.3 Å². The Labute approximate surface area is 94.6 Å². The van der Waals surface area contributed by atoms with Crippen molar-refractivity contribution in [1.29, 1.82) is 0 Å². The number of amides is 2. The molecular formula is C11H18N2O3. The van der Waals surface area contributed by atoms with Gasteiger partial charge < -0.3 is 15.7 Å². The van der Waals surface area contributed by atoms with E-state index >= 15 is 0 Å². The summed E-state index contributed by atoms with van der Waals surface area (Å²) >= 11 is 0. The summed E-state index contributed by atoms with van der Waals surface area (Å²) in [6.07, 6.45) is 3.25. The zero-order valence-corrected chi connectivity index (χ0v) is 9.26. The second kappa shape index (κ2) is 4.41. The zero-order chi connectivity index (χ0) is 11.7. The van der Waals surface area contributed by atoms with Gasteiger partial charge in [-0.3, -0.25) is 9.59 Å². The Morgan fingerprint density at radius 2 is 2.19 bits per heavy atom. The number of likely N-dealkylation sites (tertiary alicyclic amines) is 1. The highest BCUT2D eigenvalue weighted by Crippen LogP contribution is 2.28. The molecule has 90 valence electrons. The van der Waals surface area contributed by atoms with Gasteiger partial charge in [-0.1, -0.05) is 0 Å². The lowest BCUT2D eigenvalue weighted by Crippen LogP contribution is -2.41. The Balaban J connectivity index is 1.99. The van der Waals surface area contributed by atoms with Gasteiger partial charge in [-0.25, -0.2) is 0 Å². The van der Waals surface area contributed by atoms with Crippen LogP contribution in [0.5, 0.6) is 0 Å². The minimum Gasteiger partial charge on any atom is -0.393 e. The SMILES string of the molecule is NC(=O)C1CC(=O)N(C2CCCC(O)C2)C1. The number of carbonyl (C=O) groups excluding carboxylic acids is 2. The first kappa shape index (κ1) is 11.4. The maximum atomic E-state index is 11.7. The van der Waals surface area contributed by atoms with Gasteiger partial charge in [-0.05, 0) is 25.7 Å². The van der Waals surface area contributed by atoms with Gasteiger partial charge in [0, 0.05) is 19.0 Å². The number of primary amides is 1. The first-order valence-corrected chi connectivity index (χ1v) is 5.84. The fourth-order valence-corrected chi connectivity index (χ4v) is 2.70. The third-order valence-electron chi connectivity index (χ3n) is 3.62. The van der Waals surface area contributed by atoms with E-state index in [9.17, 15) is 14.7 Å². The summed E-state index contributed by atoms with van der Waals surface area (Å²) in [5.41, 5.74) is 5.21. The Morgan fingerprint density at radius 3 is 2.75 bits per heavy atom. The van der Waals surface area contributed by atoms with Crippen LogP contribution < -0.4 is 5.73 Å². The highest BCUT2D eigenvalue weighted by molar-refractivity contribution is 5.88. The van der Waals surface area contributed by atoms with Crippen molar-refractivity contribution in [3.8, 4) is 0 Å². The van der Waals surface area contributed by atoms with E-state index in [4.69, 9.17) is 5.73 Å². The van der Waals surface area contributed by atoms with Crippen molar-refractivity contribution in [3.05, 3.63) is 0 Å². The van der Waals surface area contributed by atoms with Gasteiger partial charge in [0.25, 0.3) is 0 Å². The summed E-state index contributed by atoms with van der Waals surface area (Å²) in [4.78, 5) is 24.5. The molecule has 5 heteroatoms. The van der Waals surface area contributed by atoms with E-state index in [-0.39, 0.29) is 30.4 Å². The van der Waals surface area contributed by atoms with Gasteiger partial charge >= 0.3 is 0 Å². The van der Waals surface area contributed by atoms with E-state index in [0.29, 0.717) is 13.0 Å². The molecule has 3 N–H and O–H groups in total. The standard InChI is InChI=1S/C11H18N2O3/c12-11(16)7-4-10(15)13(6-7)8-2-1-3-9(14)5-8/h7-9,14H,1-6H2,(H2,12,16). The molecule has 0 aromatic rings. The van der Waals surface area contributed by atoms with E-state index in [1.807, 2.05) is 0 Å². The largest absolute Gasteiger partial charge is 0.393 e. The lowest BCUT2D eigenvalue weighted by molar-refractivity contribution is -0.131. The average Bonchev–Trinajstić information content (AvgIpc) is 2.60.